The molecule has 2 aliphatic rings. The van der Waals surface area contributed by atoms with Gasteiger partial charge in [0.05, 0.1) is 5.69 Å². The molecule has 3 heterocycles. The summed E-state index contributed by atoms with van der Waals surface area (Å²) in [5, 5.41) is 0. The molecule has 0 unspecified atom stereocenters. The van der Waals surface area contributed by atoms with E-state index in [1.165, 1.54) is 12.8 Å². The molecule has 2 saturated heterocycles. The van der Waals surface area contributed by atoms with Gasteiger partial charge >= 0.3 is 0 Å². The van der Waals surface area contributed by atoms with Crippen LogP contribution in [0.4, 0.5) is 11.8 Å². The Morgan fingerprint density at radius 2 is 1.50 bits per heavy atom. The molecule has 1 aromatic heterocycles. The van der Waals surface area contributed by atoms with Gasteiger partial charge in [0.2, 0.25) is 5.95 Å². The van der Waals surface area contributed by atoms with Gasteiger partial charge in [-0.1, -0.05) is 30.3 Å². The van der Waals surface area contributed by atoms with Crippen LogP contribution in [-0.2, 0) is 0 Å². The highest BCUT2D eigenvalue weighted by Gasteiger charge is 2.21. The highest BCUT2D eigenvalue weighted by atomic mass is 15.3. The first kappa shape index (κ1) is 15.4. The summed E-state index contributed by atoms with van der Waals surface area (Å²) < 4.78 is 0. The van der Waals surface area contributed by atoms with Gasteiger partial charge in [-0.25, -0.2) is 4.98 Å². The van der Waals surface area contributed by atoms with Crippen LogP contribution >= 0.6 is 0 Å². The quantitative estimate of drug-likeness (QED) is 0.867. The molecular weight excluding hydrogens is 298 g/mol. The van der Waals surface area contributed by atoms with Crippen LogP contribution in [0.15, 0.2) is 36.4 Å². The topological polar surface area (TPSA) is 35.5 Å². The molecule has 0 saturated carbocycles. The lowest BCUT2D eigenvalue weighted by Crippen LogP contribution is -2.45. The van der Waals surface area contributed by atoms with Gasteiger partial charge in [-0.2, -0.15) is 4.98 Å². The maximum absolute atomic E-state index is 4.91. The van der Waals surface area contributed by atoms with E-state index in [9.17, 15) is 0 Å². The monoisotopic (exact) mass is 323 g/mol. The van der Waals surface area contributed by atoms with E-state index in [0.29, 0.717) is 0 Å². The molecule has 0 N–H and O–H groups in total. The molecule has 5 heteroatoms. The van der Waals surface area contributed by atoms with E-state index in [2.05, 4.69) is 52.1 Å². The summed E-state index contributed by atoms with van der Waals surface area (Å²) in [4.78, 5) is 16.9. The minimum atomic E-state index is 0.881. The first-order valence-electron chi connectivity index (χ1n) is 8.92. The van der Waals surface area contributed by atoms with Crippen LogP contribution in [0.3, 0.4) is 0 Å². The number of piperazine rings is 1. The van der Waals surface area contributed by atoms with Crippen LogP contribution in [0.5, 0.6) is 0 Å². The number of benzene rings is 1. The molecule has 5 nitrogen and oxygen atoms in total. The standard InChI is InChI=1S/C19H25N5/c1-22-11-13-24(14-12-22)19-20-17(16-7-3-2-4-8-16)15-18(21-19)23-9-5-6-10-23/h2-4,7-8,15H,5-6,9-14H2,1H3. The normalized spacial score (nSPS) is 19.0. The molecule has 126 valence electrons. The van der Waals surface area contributed by atoms with E-state index in [1.54, 1.807) is 0 Å². The van der Waals surface area contributed by atoms with Crippen molar-refractivity contribution in [2.45, 2.75) is 12.8 Å². The Labute approximate surface area is 143 Å². The highest BCUT2D eigenvalue weighted by molar-refractivity contribution is 5.65. The van der Waals surface area contributed by atoms with Crippen LogP contribution in [0.1, 0.15) is 12.8 Å². The van der Waals surface area contributed by atoms with Gasteiger partial charge in [0.1, 0.15) is 5.82 Å². The number of nitrogens with zero attached hydrogens (tertiary/aromatic N) is 5. The van der Waals surface area contributed by atoms with Crippen molar-refractivity contribution in [2.75, 3.05) is 56.1 Å². The molecule has 2 aliphatic heterocycles. The van der Waals surface area contributed by atoms with E-state index in [1.807, 2.05) is 6.07 Å². The molecule has 0 amide bonds. The second kappa shape index (κ2) is 6.77. The first-order chi connectivity index (χ1) is 11.8. The van der Waals surface area contributed by atoms with Gasteiger partial charge in [0.25, 0.3) is 0 Å². The van der Waals surface area contributed by atoms with Crippen molar-refractivity contribution in [1.29, 1.82) is 0 Å². The Morgan fingerprint density at radius 1 is 0.792 bits per heavy atom. The van der Waals surface area contributed by atoms with Crippen LogP contribution in [0.2, 0.25) is 0 Å². The van der Waals surface area contributed by atoms with Crippen molar-refractivity contribution in [3.63, 3.8) is 0 Å². The second-order valence-corrected chi connectivity index (χ2v) is 6.76. The van der Waals surface area contributed by atoms with E-state index in [-0.39, 0.29) is 0 Å². The van der Waals surface area contributed by atoms with Crippen molar-refractivity contribution in [3.05, 3.63) is 36.4 Å². The minimum Gasteiger partial charge on any atom is -0.356 e. The summed E-state index contributed by atoms with van der Waals surface area (Å²) in [7, 11) is 2.17. The molecule has 0 atom stereocenters. The van der Waals surface area contributed by atoms with Crippen molar-refractivity contribution in [3.8, 4) is 11.3 Å². The molecule has 0 radical (unpaired) electrons. The summed E-state index contributed by atoms with van der Waals surface area (Å²) in [6, 6.07) is 12.6. The van der Waals surface area contributed by atoms with Crippen LogP contribution in [0.25, 0.3) is 11.3 Å². The van der Waals surface area contributed by atoms with Gasteiger partial charge in [-0.15, -0.1) is 0 Å². The molecule has 2 fully saturated rings. The SMILES string of the molecule is CN1CCN(c2nc(-c3ccccc3)cc(N3CCCC3)n2)CC1. The maximum atomic E-state index is 4.91. The smallest absolute Gasteiger partial charge is 0.227 e. The number of aromatic nitrogens is 2. The van der Waals surface area contributed by atoms with Gasteiger partial charge in [-0.05, 0) is 19.9 Å². The summed E-state index contributed by atoms with van der Waals surface area (Å²) in [5.74, 6) is 1.96. The van der Waals surface area contributed by atoms with Crippen LogP contribution in [0, 0.1) is 0 Å². The minimum absolute atomic E-state index is 0.881. The molecule has 0 aliphatic carbocycles. The zero-order valence-corrected chi connectivity index (χ0v) is 14.4. The largest absolute Gasteiger partial charge is 0.356 e. The van der Waals surface area contributed by atoms with Crippen molar-refractivity contribution in [1.82, 2.24) is 14.9 Å². The molecule has 0 spiro atoms. The van der Waals surface area contributed by atoms with E-state index >= 15 is 0 Å². The number of hydrogen-bond donors (Lipinski definition) is 0. The third-order valence-corrected chi connectivity index (χ3v) is 4.99. The number of hydrogen-bond acceptors (Lipinski definition) is 5. The van der Waals surface area contributed by atoms with Gasteiger partial charge in [-0.3, -0.25) is 0 Å². The lowest BCUT2D eigenvalue weighted by molar-refractivity contribution is 0.311. The summed E-state index contributed by atoms with van der Waals surface area (Å²) in [6.07, 6.45) is 2.52. The predicted octanol–water partition coefficient (Wildman–Crippen LogP) is 2.50. The molecule has 4 rings (SSSR count). The summed E-state index contributed by atoms with van der Waals surface area (Å²) in [5.41, 5.74) is 2.19. The molecule has 24 heavy (non-hydrogen) atoms. The maximum Gasteiger partial charge on any atom is 0.227 e. The molecule has 2 aromatic rings. The van der Waals surface area contributed by atoms with E-state index in [0.717, 1.165) is 62.3 Å². The zero-order chi connectivity index (χ0) is 16.4. The summed E-state index contributed by atoms with van der Waals surface area (Å²) >= 11 is 0. The zero-order valence-electron chi connectivity index (χ0n) is 14.4. The lowest BCUT2D eigenvalue weighted by Gasteiger charge is -2.33. The van der Waals surface area contributed by atoms with Gasteiger partial charge in [0.15, 0.2) is 0 Å². The second-order valence-electron chi connectivity index (χ2n) is 6.76. The summed E-state index contributed by atoms with van der Waals surface area (Å²) in [6.45, 7) is 6.33. The fourth-order valence-electron chi connectivity index (χ4n) is 3.43. The Hall–Kier alpha value is -2.14. The highest BCUT2D eigenvalue weighted by Crippen LogP contribution is 2.27. The fourth-order valence-corrected chi connectivity index (χ4v) is 3.43. The van der Waals surface area contributed by atoms with Gasteiger partial charge < -0.3 is 14.7 Å². The fraction of sp³-hybridized carbons (Fsp3) is 0.474. The number of rotatable bonds is 3. The van der Waals surface area contributed by atoms with Crippen LogP contribution in [-0.4, -0.2) is 61.2 Å². The predicted molar refractivity (Wildman–Crippen MR) is 98.6 cm³/mol. The van der Waals surface area contributed by atoms with Crippen molar-refractivity contribution < 1.29 is 0 Å². The molecular formula is C19H25N5. The Kier molecular flexibility index (Phi) is 4.34. The lowest BCUT2D eigenvalue weighted by atomic mass is 10.1. The Balaban J connectivity index is 1.70. The van der Waals surface area contributed by atoms with E-state index in [4.69, 9.17) is 9.97 Å². The number of anilines is 2. The first-order valence-corrected chi connectivity index (χ1v) is 8.92. The Bertz CT molecular complexity index is 673. The van der Waals surface area contributed by atoms with Crippen molar-refractivity contribution >= 4 is 11.8 Å². The average molecular weight is 323 g/mol. The van der Waals surface area contributed by atoms with Crippen LogP contribution < -0.4 is 9.80 Å². The molecule has 1 aromatic carbocycles. The number of likely N-dealkylation sites (N-methyl/N-ethyl adjacent to an activating group) is 1. The van der Waals surface area contributed by atoms with Gasteiger partial charge in [0, 0.05) is 50.9 Å². The molecule has 0 bridgehead atoms. The van der Waals surface area contributed by atoms with Crippen molar-refractivity contribution in [2.24, 2.45) is 0 Å². The average Bonchev–Trinajstić information content (AvgIpc) is 3.17. The Morgan fingerprint density at radius 3 is 2.21 bits per heavy atom. The third-order valence-electron chi connectivity index (χ3n) is 4.99. The third kappa shape index (κ3) is 3.22. The van der Waals surface area contributed by atoms with E-state index < -0.39 is 0 Å².